The number of thioether (sulfide) groups is 1. The Hall–Kier alpha value is -1.34. The molecule has 1 aromatic carbocycles. The summed E-state index contributed by atoms with van der Waals surface area (Å²) in [7, 11) is 0. The predicted molar refractivity (Wildman–Crippen MR) is 86.2 cm³/mol. The van der Waals surface area contributed by atoms with E-state index in [0.29, 0.717) is 5.16 Å². The standard InChI is InChI=1S/C14H16BrN3O2S/c1-8(2)13-16-17-14(21-7-12(19)20)18(13)10-4-5-11(15)9(3)6-10/h4-6,8H,7H2,1-3H3,(H,19,20). The molecule has 7 heteroatoms. The van der Waals surface area contributed by atoms with Crippen LogP contribution in [0.4, 0.5) is 0 Å². The summed E-state index contributed by atoms with van der Waals surface area (Å²) in [6.07, 6.45) is 0. The number of carbonyl (C=O) groups is 1. The normalized spacial score (nSPS) is 11.1. The molecule has 0 bridgehead atoms. The van der Waals surface area contributed by atoms with Crippen molar-refractivity contribution in [1.82, 2.24) is 14.8 Å². The van der Waals surface area contributed by atoms with Crippen LogP contribution < -0.4 is 0 Å². The van der Waals surface area contributed by atoms with Gasteiger partial charge in [0.15, 0.2) is 5.16 Å². The van der Waals surface area contributed by atoms with Gasteiger partial charge in [-0.1, -0.05) is 41.5 Å². The number of aryl methyl sites for hydroxylation is 1. The van der Waals surface area contributed by atoms with E-state index in [1.54, 1.807) is 0 Å². The van der Waals surface area contributed by atoms with E-state index in [2.05, 4.69) is 26.1 Å². The van der Waals surface area contributed by atoms with Crippen molar-refractivity contribution in [2.24, 2.45) is 0 Å². The highest BCUT2D eigenvalue weighted by molar-refractivity contribution is 9.10. The number of carboxylic acid groups (broad SMARTS) is 1. The third-order valence-electron chi connectivity index (χ3n) is 2.90. The fraction of sp³-hybridized carbons (Fsp3) is 0.357. The summed E-state index contributed by atoms with van der Waals surface area (Å²) in [5.74, 6) is 0.115. The minimum absolute atomic E-state index is 0.0360. The van der Waals surface area contributed by atoms with Crippen LogP contribution in [0.1, 0.15) is 31.2 Å². The first-order valence-electron chi connectivity index (χ1n) is 6.46. The van der Waals surface area contributed by atoms with E-state index in [0.717, 1.165) is 21.5 Å². The molecule has 21 heavy (non-hydrogen) atoms. The molecule has 1 N–H and O–H groups in total. The number of hydrogen-bond acceptors (Lipinski definition) is 4. The molecule has 1 heterocycles. The lowest BCUT2D eigenvalue weighted by molar-refractivity contribution is -0.133. The average Bonchev–Trinajstić information content (AvgIpc) is 2.83. The van der Waals surface area contributed by atoms with Gasteiger partial charge in [-0.15, -0.1) is 10.2 Å². The number of hydrogen-bond donors (Lipinski definition) is 1. The number of nitrogens with zero attached hydrogens (tertiary/aromatic N) is 3. The molecule has 0 unspecified atom stereocenters. The van der Waals surface area contributed by atoms with Crippen molar-refractivity contribution < 1.29 is 9.90 Å². The van der Waals surface area contributed by atoms with Gasteiger partial charge in [-0.2, -0.15) is 0 Å². The number of carboxylic acids is 1. The number of halogens is 1. The SMILES string of the molecule is Cc1cc(-n2c(SCC(=O)O)nnc2C(C)C)ccc1Br. The average molecular weight is 370 g/mol. The zero-order chi connectivity index (χ0) is 15.6. The van der Waals surface area contributed by atoms with E-state index in [1.165, 1.54) is 11.8 Å². The lowest BCUT2D eigenvalue weighted by Gasteiger charge is -2.13. The van der Waals surface area contributed by atoms with E-state index >= 15 is 0 Å². The van der Waals surface area contributed by atoms with Gasteiger partial charge < -0.3 is 5.11 Å². The van der Waals surface area contributed by atoms with Crippen LogP contribution in [0.2, 0.25) is 0 Å². The van der Waals surface area contributed by atoms with Gasteiger partial charge in [0, 0.05) is 16.1 Å². The minimum Gasteiger partial charge on any atom is -0.481 e. The Balaban J connectivity index is 2.49. The topological polar surface area (TPSA) is 68.0 Å². The predicted octanol–water partition coefficient (Wildman–Crippen LogP) is 3.64. The zero-order valence-corrected chi connectivity index (χ0v) is 14.4. The van der Waals surface area contributed by atoms with Crippen molar-refractivity contribution in [3.63, 3.8) is 0 Å². The molecule has 0 atom stereocenters. The number of rotatable bonds is 5. The maximum atomic E-state index is 10.8. The maximum Gasteiger partial charge on any atom is 0.313 e. The second-order valence-electron chi connectivity index (χ2n) is 4.95. The molecule has 112 valence electrons. The molecule has 0 aliphatic rings. The van der Waals surface area contributed by atoms with Crippen LogP contribution in [0.15, 0.2) is 27.8 Å². The van der Waals surface area contributed by atoms with Crippen LogP contribution in [0, 0.1) is 6.92 Å². The van der Waals surface area contributed by atoms with E-state index in [9.17, 15) is 4.79 Å². The second-order valence-corrected chi connectivity index (χ2v) is 6.74. The third-order valence-corrected chi connectivity index (χ3v) is 4.70. The molecule has 0 amide bonds. The molecule has 0 radical (unpaired) electrons. The van der Waals surface area contributed by atoms with Crippen molar-refractivity contribution in [2.45, 2.75) is 31.8 Å². The molecule has 0 aliphatic carbocycles. The van der Waals surface area contributed by atoms with Crippen molar-refractivity contribution in [1.29, 1.82) is 0 Å². The molecule has 5 nitrogen and oxygen atoms in total. The summed E-state index contributed by atoms with van der Waals surface area (Å²) in [5.41, 5.74) is 2.04. The largest absolute Gasteiger partial charge is 0.481 e. The highest BCUT2D eigenvalue weighted by Crippen LogP contribution is 2.27. The van der Waals surface area contributed by atoms with Crippen molar-refractivity contribution in [3.8, 4) is 5.69 Å². The van der Waals surface area contributed by atoms with E-state index in [4.69, 9.17) is 5.11 Å². The summed E-state index contributed by atoms with van der Waals surface area (Å²) in [5, 5.41) is 17.8. The van der Waals surface area contributed by atoms with Gasteiger partial charge in [-0.05, 0) is 30.7 Å². The van der Waals surface area contributed by atoms with Crippen molar-refractivity contribution in [3.05, 3.63) is 34.1 Å². The lowest BCUT2D eigenvalue weighted by atomic mass is 10.2. The Morgan fingerprint density at radius 1 is 1.43 bits per heavy atom. The first kappa shape index (κ1) is 16.0. The van der Waals surface area contributed by atoms with Crippen LogP contribution in [0.3, 0.4) is 0 Å². The van der Waals surface area contributed by atoms with Gasteiger partial charge in [0.25, 0.3) is 0 Å². The molecule has 0 fully saturated rings. The van der Waals surface area contributed by atoms with Gasteiger partial charge in [-0.3, -0.25) is 9.36 Å². The van der Waals surface area contributed by atoms with Crippen LogP contribution in [-0.4, -0.2) is 31.6 Å². The maximum absolute atomic E-state index is 10.8. The van der Waals surface area contributed by atoms with Crippen LogP contribution in [0.5, 0.6) is 0 Å². The molecule has 2 rings (SSSR count). The molecule has 1 aromatic heterocycles. The van der Waals surface area contributed by atoms with Crippen LogP contribution in [0.25, 0.3) is 5.69 Å². The molecule has 2 aromatic rings. The highest BCUT2D eigenvalue weighted by Gasteiger charge is 2.18. The number of aliphatic carboxylic acids is 1. The summed E-state index contributed by atoms with van der Waals surface area (Å²) in [4.78, 5) is 10.8. The van der Waals surface area contributed by atoms with Crippen molar-refractivity contribution >= 4 is 33.7 Å². The van der Waals surface area contributed by atoms with E-state index < -0.39 is 5.97 Å². The van der Waals surface area contributed by atoms with Gasteiger partial charge in [-0.25, -0.2) is 0 Å². The van der Waals surface area contributed by atoms with Crippen molar-refractivity contribution in [2.75, 3.05) is 5.75 Å². The zero-order valence-electron chi connectivity index (χ0n) is 12.0. The Bertz CT molecular complexity index is 670. The van der Waals surface area contributed by atoms with Gasteiger partial charge in [0.1, 0.15) is 5.82 Å². The molecule has 0 spiro atoms. The fourth-order valence-electron chi connectivity index (χ4n) is 1.89. The lowest BCUT2D eigenvalue weighted by Crippen LogP contribution is -2.06. The molecular formula is C14H16BrN3O2S. The number of aromatic nitrogens is 3. The van der Waals surface area contributed by atoms with Gasteiger partial charge in [0.05, 0.1) is 5.75 Å². The molecule has 0 aliphatic heterocycles. The molecule has 0 saturated carbocycles. The Kier molecular flexibility index (Phi) is 5.05. The quantitative estimate of drug-likeness (QED) is 0.814. The minimum atomic E-state index is -0.868. The fourth-order valence-corrected chi connectivity index (χ4v) is 2.81. The summed E-state index contributed by atoms with van der Waals surface area (Å²) in [6.45, 7) is 6.09. The summed E-state index contributed by atoms with van der Waals surface area (Å²) >= 11 is 4.66. The van der Waals surface area contributed by atoms with Gasteiger partial charge >= 0.3 is 5.97 Å². The van der Waals surface area contributed by atoms with Gasteiger partial charge in [0.2, 0.25) is 0 Å². The van der Waals surface area contributed by atoms with Crippen LogP contribution in [-0.2, 0) is 4.79 Å². The number of benzene rings is 1. The van der Waals surface area contributed by atoms with E-state index in [1.807, 2.05) is 43.5 Å². The van der Waals surface area contributed by atoms with E-state index in [-0.39, 0.29) is 11.7 Å². The second kappa shape index (κ2) is 6.62. The Labute approximate surface area is 135 Å². The third kappa shape index (κ3) is 3.65. The van der Waals surface area contributed by atoms with Crippen LogP contribution >= 0.6 is 27.7 Å². The smallest absolute Gasteiger partial charge is 0.313 e. The Morgan fingerprint density at radius 3 is 2.71 bits per heavy atom. The highest BCUT2D eigenvalue weighted by atomic mass is 79.9. The summed E-state index contributed by atoms with van der Waals surface area (Å²) in [6, 6.07) is 5.97. The first-order chi connectivity index (χ1) is 9.90. The Morgan fingerprint density at radius 2 is 2.14 bits per heavy atom. The monoisotopic (exact) mass is 369 g/mol. The first-order valence-corrected chi connectivity index (χ1v) is 8.24. The molecular weight excluding hydrogens is 354 g/mol. The summed E-state index contributed by atoms with van der Waals surface area (Å²) < 4.78 is 2.96. The molecule has 0 saturated heterocycles.